The molecule has 0 aliphatic heterocycles. The molecule has 4 nitrogen and oxygen atoms in total. The largest absolute Gasteiger partial charge is 0.316 e. The standard InChI is InChI=1S/C14H17ClN2O2S2/c1-10-11(8-16-2)4-3-5-13(10)21(18,19)17-9-12-6-7-14(15)20-12/h3-7,16-17H,8-9H2,1-2H3. The van der Waals surface area contributed by atoms with Crippen molar-refractivity contribution in [1.82, 2.24) is 10.0 Å². The van der Waals surface area contributed by atoms with E-state index in [9.17, 15) is 8.42 Å². The van der Waals surface area contributed by atoms with Gasteiger partial charge in [0.25, 0.3) is 0 Å². The number of halogens is 1. The number of nitrogens with one attached hydrogen (secondary N) is 2. The zero-order valence-corrected chi connectivity index (χ0v) is 14.2. The van der Waals surface area contributed by atoms with Crippen molar-refractivity contribution in [3.8, 4) is 0 Å². The van der Waals surface area contributed by atoms with Gasteiger partial charge >= 0.3 is 0 Å². The van der Waals surface area contributed by atoms with Crippen LogP contribution in [0.2, 0.25) is 4.34 Å². The third-order valence-corrected chi connectivity index (χ3v) is 5.90. The minimum atomic E-state index is -3.53. The van der Waals surface area contributed by atoms with Crippen LogP contribution in [0.4, 0.5) is 0 Å². The summed E-state index contributed by atoms with van der Waals surface area (Å²) in [7, 11) is -1.70. The van der Waals surface area contributed by atoms with Gasteiger partial charge in [0.05, 0.1) is 9.23 Å². The second kappa shape index (κ2) is 6.89. The van der Waals surface area contributed by atoms with Crippen LogP contribution in [0.3, 0.4) is 0 Å². The van der Waals surface area contributed by atoms with Crippen molar-refractivity contribution in [2.24, 2.45) is 0 Å². The number of sulfonamides is 1. The number of hydrogen-bond donors (Lipinski definition) is 2. The van der Waals surface area contributed by atoms with Crippen LogP contribution >= 0.6 is 22.9 Å². The van der Waals surface area contributed by atoms with Crippen LogP contribution < -0.4 is 10.0 Å². The number of thiophene rings is 1. The number of rotatable bonds is 6. The summed E-state index contributed by atoms with van der Waals surface area (Å²) in [6.07, 6.45) is 0. The maximum Gasteiger partial charge on any atom is 0.241 e. The van der Waals surface area contributed by atoms with Gasteiger partial charge in [0.1, 0.15) is 0 Å². The van der Waals surface area contributed by atoms with E-state index in [0.29, 0.717) is 15.8 Å². The first-order valence-corrected chi connectivity index (χ1v) is 9.09. The lowest BCUT2D eigenvalue weighted by atomic mass is 10.1. The molecular formula is C14H17ClN2O2S2. The van der Waals surface area contributed by atoms with Gasteiger partial charge in [-0.25, -0.2) is 13.1 Å². The second-order valence-corrected chi connectivity index (χ2v) is 8.14. The first-order chi connectivity index (χ1) is 9.94. The van der Waals surface area contributed by atoms with Crippen LogP contribution in [0.25, 0.3) is 0 Å². The van der Waals surface area contributed by atoms with Crippen molar-refractivity contribution in [1.29, 1.82) is 0 Å². The summed E-state index contributed by atoms with van der Waals surface area (Å²) in [4.78, 5) is 1.20. The minimum absolute atomic E-state index is 0.245. The lowest BCUT2D eigenvalue weighted by molar-refractivity contribution is 0.581. The van der Waals surface area contributed by atoms with Crippen molar-refractivity contribution in [3.05, 3.63) is 50.7 Å². The summed E-state index contributed by atoms with van der Waals surface area (Å²) >= 11 is 7.21. The van der Waals surface area contributed by atoms with Gasteiger partial charge in [0.2, 0.25) is 10.0 Å². The Morgan fingerprint density at radius 3 is 2.57 bits per heavy atom. The van der Waals surface area contributed by atoms with Gasteiger partial charge in [-0.15, -0.1) is 11.3 Å². The summed E-state index contributed by atoms with van der Waals surface area (Å²) in [5.41, 5.74) is 1.74. The first-order valence-electron chi connectivity index (χ1n) is 6.41. The quantitative estimate of drug-likeness (QED) is 0.847. The van der Waals surface area contributed by atoms with Crippen LogP contribution in [-0.2, 0) is 23.1 Å². The van der Waals surface area contributed by atoms with Gasteiger partial charge in [0.15, 0.2) is 0 Å². The van der Waals surface area contributed by atoms with E-state index in [1.165, 1.54) is 11.3 Å². The van der Waals surface area contributed by atoms with E-state index in [2.05, 4.69) is 10.0 Å². The summed E-state index contributed by atoms with van der Waals surface area (Å²) in [5.74, 6) is 0. The Morgan fingerprint density at radius 2 is 1.95 bits per heavy atom. The van der Waals surface area contributed by atoms with Gasteiger partial charge in [0, 0.05) is 18.0 Å². The molecule has 0 aliphatic carbocycles. The molecule has 1 aromatic heterocycles. The van der Waals surface area contributed by atoms with Crippen LogP contribution in [0, 0.1) is 6.92 Å². The zero-order chi connectivity index (χ0) is 15.5. The molecule has 1 aromatic carbocycles. The van der Waals surface area contributed by atoms with E-state index in [1.807, 2.05) is 26.1 Å². The Bertz CT molecular complexity index is 726. The molecule has 2 N–H and O–H groups in total. The van der Waals surface area contributed by atoms with Crippen molar-refractivity contribution in [2.75, 3.05) is 7.05 Å². The average molecular weight is 345 g/mol. The predicted octanol–water partition coefficient (Wildman–Crippen LogP) is 2.91. The Kier molecular flexibility index (Phi) is 5.40. The van der Waals surface area contributed by atoms with E-state index in [0.717, 1.165) is 16.0 Å². The molecule has 0 aliphatic rings. The van der Waals surface area contributed by atoms with Crippen LogP contribution in [0.5, 0.6) is 0 Å². The molecule has 0 saturated heterocycles. The first kappa shape index (κ1) is 16.5. The van der Waals surface area contributed by atoms with Crippen molar-refractivity contribution in [2.45, 2.75) is 24.9 Å². The molecule has 2 rings (SSSR count). The maximum absolute atomic E-state index is 12.4. The number of benzene rings is 1. The highest BCUT2D eigenvalue weighted by molar-refractivity contribution is 7.89. The lowest BCUT2D eigenvalue weighted by Crippen LogP contribution is -2.24. The monoisotopic (exact) mass is 344 g/mol. The molecule has 0 radical (unpaired) electrons. The number of hydrogen-bond acceptors (Lipinski definition) is 4. The van der Waals surface area contributed by atoms with E-state index in [4.69, 9.17) is 11.6 Å². The van der Waals surface area contributed by atoms with Crippen LogP contribution in [0.15, 0.2) is 35.2 Å². The molecule has 2 aromatic rings. The highest BCUT2D eigenvalue weighted by Gasteiger charge is 2.18. The third-order valence-electron chi connectivity index (χ3n) is 3.12. The summed E-state index contributed by atoms with van der Waals surface area (Å²) < 4.78 is 28.1. The van der Waals surface area contributed by atoms with Crippen molar-refractivity contribution in [3.63, 3.8) is 0 Å². The van der Waals surface area contributed by atoms with Crippen LogP contribution in [0.1, 0.15) is 16.0 Å². The topological polar surface area (TPSA) is 58.2 Å². The predicted molar refractivity (Wildman–Crippen MR) is 87.3 cm³/mol. The SMILES string of the molecule is CNCc1cccc(S(=O)(=O)NCc2ccc(Cl)s2)c1C. The van der Waals surface area contributed by atoms with E-state index in [1.54, 1.807) is 18.2 Å². The Hall–Kier alpha value is -0.920. The van der Waals surface area contributed by atoms with Gasteiger partial charge in [-0.3, -0.25) is 0 Å². The van der Waals surface area contributed by atoms with Gasteiger partial charge < -0.3 is 5.32 Å². The Labute approximate surface area is 134 Å². The smallest absolute Gasteiger partial charge is 0.241 e. The van der Waals surface area contributed by atoms with E-state index < -0.39 is 10.0 Å². The highest BCUT2D eigenvalue weighted by Crippen LogP contribution is 2.23. The fourth-order valence-corrected chi connectivity index (χ4v) is 4.44. The molecule has 7 heteroatoms. The van der Waals surface area contributed by atoms with Crippen molar-refractivity contribution >= 4 is 33.0 Å². The summed E-state index contributed by atoms with van der Waals surface area (Å²) in [6.45, 7) is 2.70. The van der Waals surface area contributed by atoms with Gasteiger partial charge in [-0.05, 0) is 43.3 Å². The molecule has 0 fully saturated rings. The van der Waals surface area contributed by atoms with Crippen LogP contribution in [-0.4, -0.2) is 15.5 Å². The molecule has 21 heavy (non-hydrogen) atoms. The second-order valence-electron chi connectivity index (χ2n) is 4.60. The van der Waals surface area contributed by atoms with Gasteiger partial charge in [-0.2, -0.15) is 0 Å². The molecule has 0 unspecified atom stereocenters. The summed E-state index contributed by atoms with van der Waals surface area (Å²) in [5, 5.41) is 3.04. The molecule has 114 valence electrons. The zero-order valence-electron chi connectivity index (χ0n) is 11.8. The molecule has 0 spiro atoms. The fraction of sp³-hybridized carbons (Fsp3) is 0.286. The normalized spacial score (nSPS) is 11.8. The maximum atomic E-state index is 12.4. The van der Waals surface area contributed by atoms with E-state index in [-0.39, 0.29) is 6.54 Å². The Morgan fingerprint density at radius 1 is 1.19 bits per heavy atom. The highest BCUT2D eigenvalue weighted by atomic mass is 35.5. The third kappa shape index (κ3) is 4.05. The molecular weight excluding hydrogens is 328 g/mol. The fourth-order valence-electron chi connectivity index (χ4n) is 2.02. The van der Waals surface area contributed by atoms with Gasteiger partial charge in [-0.1, -0.05) is 23.7 Å². The minimum Gasteiger partial charge on any atom is -0.316 e. The molecule has 0 atom stereocenters. The molecule has 0 saturated carbocycles. The van der Waals surface area contributed by atoms with Crippen molar-refractivity contribution < 1.29 is 8.42 Å². The molecule has 0 bridgehead atoms. The molecule has 1 heterocycles. The summed E-state index contributed by atoms with van der Waals surface area (Å²) in [6, 6.07) is 8.88. The van der Waals surface area contributed by atoms with E-state index >= 15 is 0 Å². The average Bonchev–Trinajstić information content (AvgIpc) is 2.85. The Balaban J connectivity index is 2.21. The molecule has 0 amide bonds. The lowest BCUT2D eigenvalue weighted by Gasteiger charge is -2.12.